The van der Waals surface area contributed by atoms with E-state index in [0.717, 1.165) is 44.8 Å². The number of nitrogens with zero attached hydrogens (tertiary/aromatic N) is 1. The van der Waals surface area contributed by atoms with Crippen molar-refractivity contribution >= 4 is 11.8 Å². The largest absolute Gasteiger partial charge is 0.355 e. The molecule has 2 rings (SSSR count). The number of benzene rings is 1. The Morgan fingerprint density at radius 3 is 2.36 bits per heavy atom. The smallest absolute Gasteiger partial charge is 0.280 e. The summed E-state index contributed by atoms with van der Waals surface area (Å²) in [7, 11) is 3.69. The Morgan fingerprint density at radius 1 is 1.24 bits per heavy atom. The van der Waals surface area contributed by atoms with Crippen LogP contribution in [0.4, 0.5) is 0 Å². The van der Waals surface area contributed by atoms with Gasteiger partial charge in [-0.3, -0.25) is 9.59 Å². The molecule has 2 atom stereocenters. The van der Waals surface area contributed by atoms with Gasteiger partial charge in [0.25, 0.3) is 11.8 Å². The molecular weight excluding hydrogens is 316 g/mol. The third kappa shape index (κ3) is 5.03. The standard InChI is InChI=1S/C19H30N4O2/c1-5-22-10-12-23(13-11-22)19(25)15(2)21(4)14-16-6-8-17(9-7-16)18(24)20-3/h6-9,15H,5,10-14H2,1-4H3,(H,20,24)/p+2/t15-/m0/s1. The van der Waals surface area contributed by atoms with Gasteiger partial charge in [0.1, 0.15) is 6.54 Å². The molecule has 0 bridgehead atoms. The molecule has 2 amide bonds. The van der Waals surface area contributed by atoms with E-state index in [1.54, 1.807) is 11.9 Å². The van der Waals surface area contributed by atoms with Crippen LogP contribution in [-0.4, -0.2) is 69.6 Å². The van der Waals surface area contributed by atoms with E-state index in [4.69, 9.17) is 0 Å². The van der Waals surface area contributed by atoms with E-state index < -0.39 is 0 Å². The van der Waals surface area contributed by atoms with Crippen LogP contribution in [0, 0.1) is 0 Å². The van der Waals surface area contributed by atoms with Crippen LogP contribution < -0.4 is 15.1 Å². The molecule has 1 unspecified atom stereocenters. The summed E-state index contributed by atoms with van der Waals surface area (Å²) in [4.78, 5) is 29.1. The van der Waals surface area contributed by atoms with Crippen LogP contribution in [0.3, 0.4) is 0 Å². The minimum Gasteiger partial charge on any atom is -0.355 e. The van der Waals surface area contributed by atoms with E-state index in [1.165, 1.54) is 4.90 Å². The van der Waals surface area contributed by atoms with Gasteiger partial charge < -0.3 is 20.0 Å². The molecule has 25 heavy (non-hydrogen) atoms. The number of rotatable bonds is 6. The number of piperazine rings is 1. The van der Waals surface area contributed by atoms with Crippen molar-refractivity contribution < 1.29 is 19.4 Å². The van der Waals surface area contributed by atoms with Crippen LogP contribution in [0.25, 0.3) is 0 Å². The topological polar surface area (TPSA) is 58.3 Å². The number of carbonyl (C=O) groups excluding carboxylic acids is 2. The van der Waals surface area contributed by atoms with Crippen LogP contribution in [0.15, 0.2) is 24.3 Å². The lowest BCUT2D eigenvalue weighted by molar-refractivity contribution is -0.910. The van der Waals surface area contributed by atoms with Gasteiger partial charge in [-0.25, -0.2) is 0 Å². The molecule has 1 aromatic rings. The van der Waals surface area contributed by atoms with Crippen LogP contribution in [0.5, 0.6) is 0 Å². The highest BCUT2D eigenvalue weighted by Gasteiger charge is 2.30. The van der Waals surface area contributed by atoms with Crippen LogP contribution in [-0.2, 0) is 11.3 Å². The fourth-order valence-corrected chi connectivity index (χ4v) is 3.27. The molecule has 3 N–H and O–H groups in total. The molecule has 1 fully saturated rings. The fraction of sp³-hybridized carbons (Fsp3) is 0.579. The van der Waals surface area contributed by atoms with E-state index in [0.29, 0.717) is 5.56 Å². The average molecular weight is 348 g/mol. The second-order valence-electron chi connectivity index (χ2n) is 6.95. The van der Waals surface area contributed by atoms with E-state index in [1.807, 2.05) is 36.1 Å². The Balaban J connectivity index is 1.90. The number of hydrogen-bond donors (Lipinski definition) is 3. The quantitative estimate of drug-likeness (QED) is 0.568. The predicted octanol–water partition coefficient (Wildman–Crippen LogP) is -1.80. The number of amides is 2. The Bertz CT molecular complexity index is 580. The molecule has 0 aromatic heterocycles. The summed E-state index contributed by atoms with van der Waals surface area (Å²) in [6.45, 7) is 9.93. The number of likely N-dealkylation sites (N-methyl/N-ethyl adjacent to an activating group) is 2. The maximum absolute atomic E-state index is 12.7. The van der Waals surface area contributed by atoms with Gasteiger partial charge in [-0.15, -0.1) is 0 Å². The maximum atomic E-state index is 12.7. The zero-order chi connectivity index (χ0) is 18.4. The molecule has 0 radical (unpaired) electrons. The van der Waals surface area contributed by atoms with E-state index >= 15 is 0 Å². The molecular formula is C19H32N4O2+2. The van der Waals surface area contributed by atoms with Gasteiger partial charge in [-0.05, 0) is 26.0 Å². The maximum Gasteiger partial charge on any atom is 0.280 e. The van der Waals surface area contributed by atoms with Crippen molar-refractivity contribution in [2.75, 3.05) is 46.8 Å². The lowest BCUT2D eigenvalue weighted by Crippen LogP contribution is -3.15. The summed E-state index contributed by atoms with van der Waals surface area (Å²) in [6, 6.07) is 7.53. The zero-order valence-electron chi connectivity index (χ0n) is 15.9. The number of hydrogen-bond acceptors (Lipinski definition) is 2. The third-order valence-electron chi connectivity index (χ3n) is 5.32. The highest BCUT2D eigenvalue weighted by molar-refractivity contribution is 5.93. The minimum atomic E-state index is -0.0795. The molecule has 6 nitrogen and oxygen atoms in total. The van der Waals surface area contributed by atoms with Crippen LogP contribution >= 0.6 is 0 Å². The summed E-state index contributed by atoms with van der Waals surface area (Å²) in [5.74, 6) is 0.166. The van der Waals surface area contributed by atoms with Gasteiger partial charge >= 0.3 is 0 Å². The summed E-state index contributed by atoms with van der Waals surface area (Å²) < 4.78 is 0. The molecule has 0 aliphatic carbocycles. The Labute approximate surface area is 150 Å². The van der Waals surface area contributed by atoms with E-state index in [-0.39, 0.29) is 17.9 Å². The summed E-state index contributed by atoms with van der Waals surface area (Å²) >= 11 is 0. The van der Waals surface area contributed by atoms with Gasteiger partial charge in [0.2, 0.25) is 0 Å². The second kappa shape index (κ2) is 8.97. The SMILES string of the molecule is CC[NH+]1CCN(C(=O)[C@H](C)[NH+](C)Cc2ccc(C(=O)NC)cc2)CC1. The van der Waals surface area contributed by atoms with Gasteiger partial charge in [0.05, 0.1) is 39.8 Å². The van der Waals surface area contributed by atoms with Gasteiger partial charge in [0, 0.05) is 18.2 Å². The monoisotopic (exact) mass is 348 g/mol. The third-order valence-corrected chi connectivity index (χ3v) is 5.32. The number of quaternary nitrogens is 2. The molecule has 1 heterocycles. The van der Waals surface area contributed by atoms with Crippen LogP contribution in [0.2, 0.25) is 0 Å². The first-order chi connectivity index (χ1) is 12.0. The second-order valence-corrected chi connectivity index (χ2v) is 6.95. The predicted molar refractivity (Wildman–Crippen MR) is 97.7 cm³/mol. The van der Waals surface area contributed by atoms with Gasteiger partial charge in [0.15, 0.2) is 6.04 Å². The van der Waals surface area contributed by atoms with Crippen molar-refractivity contribution in [2.24, 2.45) is 0 Å². The average Bonchev–Trinajstić information content (AvgIpc) is 2.66. The summed E-state index contributed by atoms with van der Waals surface area (Å²) in [6.07, 6.45) is 0. The first kappa shape index (κ1) is 19.4. The Kier molecular flexibility index (Phi) is 6.96. The Morgan fingerprint density at radius 2 is 1.84 bits per heavy atom. The number of carbonyl (C=O) groups is 2. The van der Waals surface area contributed by atoms with Crippen molar-refractivity contribution in [3.63, 3.8) is 0 Å². The molecule has 1 aliphatic rings. The van der Waals surface area contributed by atoms with Crippen molar-refractivity contribution in [2.45, 2.75) is 26.4 Å². The minimum absolute atomic E-state index is 0.0678. The summed E-state index contributed by atoms with van der Waals surface area (Å²) in [5, 5.41) is 2.62. The molecule has 1 aromatic carbocycles. The van der Waals surface area contributed by atoms with E-state index in [2.05, 4.69) is 19.3 Å². The molecule has 1 aliphatic heterocycles. The summed E-state index contributed by atoms with van der Waals surface area (Å²) in [5.41, 5.74) is 1.79. The lowest BCUT2D eigenvalue weighted by atomic mass is 10.1. The molecule has 138 valence electrons. The van der Waals surface area contributed by atoms with Crippen molar-refractivity contribution in [3.05, 3.63) is 35.4 Å². The van der Waals surface area contributed by atoms with Crippen molar-refractivity contribution in [1.29, 1.82) is 0 Å². The molecule has 0 spiro atoms. The molecule has 0 saturated carbocycles. The normalized spacial score (nSPS) is 17.8. The first-order valence-corrected chi connectivity index (χ1v) is 9.22. The van der Waals surface area contributed by atoms with Gasteiger partial charge in [-0.2, -0.15) is 0 Å². The van der Waals surface area contributed by atoms with Crippen molar-refractivity contribution in [1.82, 2.24) is 10.2 Å². The lowest BCUT2D eigenvalue weighted by Gasteiger charge is -2.34. The van der Waals surface area contributed by atoms with Crippen molar-refractivity contribution in [3.8, 4) is 0 Å². The Hall–Kier alpha value is -1.92. The first-order valence-electron chi connectivity index (χ1n) is 9.22. The zero-order valence-corrected chi connectivity index (χ0v) is 15.9. The fourth-order valence-electron chi connectivity index (χ4n) is 3.27. The molecule has 1 saturated heterocycles. The molecule has 6 heteroatoms. The highest BCUT2D eigenvalue weighted by Crippen LogP contribution is 2.03. The van der Waals surface area contributed by atoms with Gasteiger partial charge in [-0.1, -0.05) is 12.1 Å². The highest BCUT2D eigenvalue weighted by atomic mass is 16.2. The van der Waals surface area contributed by atoms with Crippen LogP contribution in [0.1, 0.15) is 29.8 Å². The number of nitrogens with one attached hydrogen (secondary N) is 3. The van der Waals surface area contributed by atoms with E-state index in [9.17, 15) is 9.59 Å².